The summed E-state index contributed by atoms with van der Waals surface area (Å²) < 4.78 is 5.42. The number of hydrogen-bond donors (Lipinski definition) is 0. The Bertz CT molecular complexity index is 672. The van der Waals surface area contributed by atoms with Crippen molar-refractivity contribution in [2.45, 2.75) is 51.8 Å². The van der Waals surface area contributed by atoms with E-state index >= 15 is 0 Å². The van der Waals surface area contributed by atoms with E-state index in [2.05, 4.69) is 0 Å². The lowest BCUT2D eigenvalue weighted by Gasteiger charge is -2.27. The van der Waals surface area contributed by atoms with Crippen LogP contribution in [0.5, 0.6) is 0 Å². The standard InChI is InChI=1S/C18H22N2O4/c1-11-9-12(10-19(11)17(23)24-18(2,3)4)20-15(21)13-7-5-6-8-14(13)16(20)22/h5-8,11-12H,9-10H2,1-4H3/t11-,12-/m0/s1. The van der Waals surface area contributed by atoms with E-state index in [0.717, 1.165) is 0 Å². The summed E-state index contributed by atoms with van der Waals surface area (Å²) >= 11 is 0. The van der Waals surface area contributed by atoms with Crippen molar-refractivity contribution < 1.29 is 19.1 Å². The minimum atomic E-state index is -0.579. The van der Waals surface area contributed by atoms with Gasteiger partial charge in [0.15, 0.2) is 0 Å². The zero-order chi connectivity index (χ0) is 17.6. The molecule has 1 aromatic carbocycles. The van der Waals surface area contributed by atoms with Gasteiger partial charge in [0.1, 0.15) is 5.60 Å². The first-order valence-electron chi connectivity index (χ1n) is 8.15. The van der Waals surface area contributed by atoms with Gasteiger partial charge in [0.2, 0.25) is 0 Å². The van der Waals surface area contributed by atoms with Gasteiger partial charge in [0.25, 0.3) is 11.8 Å². The first-order valence-corrected chi connectivity index (χ1v) is 8.15. The maximum absolute atomic E-state index is 12.6. The topological polar surface area (TPSA) is 66.9 Å². The Balaban J connectivity index is 1.78. The van der Waals surface area contributed by atoms with Crippen LogP contribution in [0.4, 0.5) is 4.79 Å². The van der Waals surface area contributed by atoms with Gasteiger partial charge in [0, 0.05) is 12.6 Å². The molecule has 0 aromatic heterocycles. The fourth-order valence-corrected chi connectivity index (χ4v) is 3.30. The van der Waals surface area contributed by atoms with Crippen molar-refractivity contribution in [1.82, 2.24) is 9.80 Å². The molecule has 0 N–H and O–H groups in total. The van der Waals surface area contributed by atoms with E-state index in [1.54, 1.807) is 29.2 Å². The van der Waals surface area contributed by atoms with E-state index < -0.39 is 11.7 Å². The highest BCUT2D eigenvalue weighted by Crippen LogP contribution is 2.31. The number of rotatable bonds is 1. The van der Waals surface area contributed by atoms with Crippen molar-refractivity contribution in [1.29, 1.82) is 0 Å². The molecule has 1 aromatic rings. The quantitative estimate of drug-likeness (QED) is 0.743. The van der Waals surface area contributed by atoms with E-state index in [1.807, 2.05) is 27.7 Å². The van der Waals surface area contributed by atoms with Crippen LogP contribution in [0.2, 0.25) is 0 Å². The van der Waals surface area contributed by atoms with Crippen molar-refractivity contribution in [2.24, 2.45) is 0 Å². The van der Waals surface area contributed by atoms with Crippen molar-refractivity contribution in [3.05, 3.63) is 35.4 Å². The van der Waals surface area contributed by atoms with Crippen LogP contribution in [0.1, 0.15) is 54.8 Å². The number of amides is 3. The summed E-state index contributed by atoms with van der Waals surface area (Å²) in [6.45, 7) is 7.65. The molecule has 3 rings (SSSR count). The molecular formula is C18H22N2O4. The number of benzene rings is 1. The number of fused-ring (bicyclic) bond motifs is 1. The van der Waals surface area contributed by atoms with Gasteiger partial charge in [-0.15, -0.1) is 0 Å². The molecule has 0 aliphatic carbocycles. The predicted octanol–water partition coefficient (Wildman–Crippen LogP) is 2.68. The average molecular weight is 330 g/mol. The molecule has 6 heteroatoms. The number of hydrogen-bond acceptors (Lipinski definition) is 4. The maximum Gasteiger partial charge on any atom is 0.410 e. The molecule has 0 radical (unpaired) electrons. The van der Waals surface area contributed by atoms with Gasteiger partial charge < -0.3 is 9.64 Å². The number of ether oxygens (including phenoxy) is 1. The molecular weight excluding hydrogens is 308 g/mol. The van der Waals surface area contributed by atoms with Crippen molar-refractivity contribution in [3.63, 3.8) is 0 Å². The molecule has 2 atom stereocenters. The summed E-state index contributed by atoms with van der Waals surface area (Å²) in [4.78, 5) is 40.4. The zero-order valence-corrected chi connectivity index (χ0v) is 14.4. The fourth-order valence-electron chi connectivity index (χ4n) is 3.30. The van der Waals surface area contributed by atoms with Crippen LogP contribution >= 0.6 is 0 Å². The summed E-state index contributed by atoms with van der Waals surface area (Å²) in [7, 11) is 0. The Hall–Kier alpha value is -2.37. The van der Waals surface area contributed by atoms with Crippen molar-refractivity contribution >= 4 is 17.9 Å². The van der Waals surface area contributed by atoms with Gasteiger partial charge in [0.05, 0.1) is 17.2 Å². The molecule has 6 nitrogen and oxygen atoms in total. The summed E-state index contributed by atoms with van der Waals surface area (Å²) in [6, 6.07) is 6.42. The summed E-state index contributed by atoms with van der Waals surface area (Å²) in [5.41, 5.74) is 0.293. The van der Waals surface area contributed by atoms with Crippen LogP contribution in [-0.2, 0) is 4.74 Å². The van der Waals surface area contributed by atoms with Crippen LogP contribution < -0.4 is 0 Å². The molecule has 0 spiro atoms. The summed E-state index contributed by atoms with van der Waals surface area (Å²) in [5.74, 6) is -0.558. The number of likely N-dealkylation sites (tertiary alicyclic amines) is 1. The highest BCUT2D eigenvalue weighted by atomic mass is 16.6. The fraction of sp³-hybridized carbons (Fsp3) is 0.500. The van der Waals surface area contributed by atoms with Gasteiger partial charge in [-0.25, -0.2) is 4.79 Å². The third kappa shape index (κ3) is 2.77. The first-order chi connectivity index (χ1) is 11.2. The minimum absolute atomic E-state index is 0.0887. The largest absolute Gasteiger partial charge is 0.444 e. The lowest BCUT2D eigenvalue weighted by atomic mass is 10.1. The lowest BCUT2D eigenvalue weighted by molar-refractivity contribution is 0.0223. The first kappa shape index (κ1) is 16.5. The van der Waals surface area contributed by atoms with E-state index in [1.165, 1.54) is 4.90 Å². The summed E-state index contributed by atoms with van der Waals surface area (Å²) in [5, 5.41) is 0. The van der Waals surface area contributed by atoms with Crippen molar-refractivity contribution in [2.75, 3.05) is 6.54 Å². The second-order valence-corrected chi connectivity index (χ2v) is 7.40. The number of carbonyl (C=O) groups excluding carboxylic acids is 3. The minimum Gasteiger partial charge on any atom is -0.444 e. The highest BCUT2D eigenvalue weighted by molar-refractivity contribution is 6.21. The Morgan fingerprint density at radius 1 is 1.12 bits per heavy atom. The van der Waals surface area contributed by atoms with Crippen LogP contribution in [0.3, 0.4) is 0 Å². The molecule has 0 unspecified atom stereocenters. The van der Waals surface area contributed by atoms with Crippen molar-refractivity contribution in [3.8, 4) is 0 Å². The van der Waals surface area contributed by atoms with Crippen LogP contribution in [0.15, 0.2) is 24.3 Å². The Morgan fingerprint density at radius 3 is 2.17 bits per heavy atom. The molecule has 1 saturated heterocycles. The second kappa shape index (κ2) is 5.61. The molecule has 2 heterocycles. The van der Waals surface area contributed by atoms with E-state index in [4.69, 9.17) is 4.74 Å². The van der Waals surface area contributed by atoms with E-state index in [9.17, 15) is 14.4 Å². The van der Waals surface area contributed by atoms with E-state index in [0.29, 0.717) is 24.1 Å². The SMILES string of the molecule is C[C@H]1C[C@H](N2C(=O)c3ccccc3C2=O)CN1C(=O)OC(C)(C)C. The number of imide groups is 1. The van der Waals surface area contributed by atoms with Gasteiger partial charge >= 0.3 is 6.09 Å². The molecule has 3 amide bonds. The number of nitrogens with zero attached hydrogens (tertiary/aromatic N) is 2. The van der Waals surface area contributed by atoms with Gasteiger partial charge in [-0.1, -0.05) is 12.1 Å². The Labute approximate surface area is 141 Å². The molecule has 2 aliphatic heterocycles. The predicted molar refractivity (Wildman–Crippen MR) is 87.7 cm³/mol. The van der Waals surface area contributed by atoms with Crippen LogP contribution in [0.25, 0.3) is 0 Å². The third-order valence-corrected chi connectivity index (χ3v) is 4.37. The number of carbonyl (C=O) groups is 3. The van der Waals surface area contributed by atoms with Gasteiger partial charge in [-0.2, -0.15) is 0 Å². The van der Waals surface area contributed by atoms with Gasteiger partial charge in [-0.3, -0.25) is 14.5 Å². The highest BCUT2D eigenvalue weighted by Gasteiger charge is 2.45. The monoisotopic (exact) mass is 330 g/mol. The summed E-state index contributed by atoms with van der Waals surface area (Å²) in [6.07, 6.45) is 0.152. The van der Waals surface area contributed by atoms with Gasteiger partial charge in [-0.05, 0) is 46.2 Å². The maximum atomic E-state index is 12.6. The molecule has 0 bridgehead atoms. The normalized spacial score (nSPS) is 23.7. The molecule has 2 aliphatic rings. The van der Waals surface area contributed by atoms with E-state index in [-0.39, 0.29) is 23.9 Å². The smallest absolute Gasteiger partial charge is 0.410 e. The lowest BCUT2D eigenvalue weighted by Crippen LogP contribution is -2.43. The third-order valence-electron chi connectivity index (χ3n) is 4.37. The Morgan fingerprint density at radius 2 is 1.67 bits per heavy atom. The zero-order valence-electron chi connectivity index (χ0n) is 14.4. The second-order valence-electron chi connectivity index (χ2n) is 7.40. The van der Waals surface area contributed by atoms with Crippen LogP contribution in [-0.4, -0.2) is 51.9 Å². The Kier molecular flexibility index (Phi) is 3.86. The molecule has 1 fully saturated rings. The molecule has 24 heavy (non-hydrogen) atoms. The molecule has 0 saturated carbocycles. The van der Waals surface area contributed by atoms with Crippen LogP contribution in [0, 0.1) is 0 Å². The average Bonchev–Trinajstić information content (AvgIpc) is 2.97. The molecule has 128 valence electrons.